The maximum absolute atomic E-state index is 11.0. The maximum Gasteiger partial charge on any atom is 0.320 e. The molecule has 2 rings (SSSR count). The van der Waals surface area contributed by atoms with E-state index in [0.717, 1.165) is 6.07 Å². The highest BCUT2D eigenvalue weighted by molar-refractivity contribution is 5.97. The van der Waals surface area contributed by atoms with E-state index in [-0.39, 0.29) is 28.0 Å². The first-order valence-corrected chi connectivity index (χ1v) is 4.80. The van der Waals surface area contributed by atoms with Gasteiger partial charge in [-0.2, -0.15) is 0 Å². The molecule has 0 amide bonds. The highest BCUT2D eigenvalue weighted by Gasteiger charge is 2.27. The van der Waals surface area contributed by atoms with Gasteiger partial charge in [0.2, 0.25) is 5.75 Å². The van der Waals surface area contributed by atoms with Gasteiger partial charge in [0.15, 0.2) is 5.52 Å². The molecule has 0 unspecified atom stereocenters. The molecule has 8 nitrogen and oxygen atoms in total. The molecule has 0 aliphatic carbocycles. The van der Waals surface area contributed by atoms with Gasteiger partial charge in [-0.3, -0.25) is 20.2 Å². The van der Waals surface area contributed by atoms with Crippen LogP contribution in [0.5, 0.6) is 5.75 Å². The lowest BCUT2D eigenvalue weighted by Gasteiger charge is -2.05. The number of hydrogen-bond acceptors (Lipinski definition) is 6. The van der Waals surface area contributed by atoms with Gasteiger partial charge < -0.3 is 4.74 Å². The minimum atomic E-state index is -0.651. The second kappa shape index (κ2) is 4.24. The van der Waals surface area contributed by atoms with Crippen LogP contribution < -0.4 is 4.74 Å². The predicted octanol–water partition coefficient (Wildman–Crippen LogP) is 2.06. The van der Waals surface area contributed by atoms with Crippen LogP contribution in [0.3, 0.4) is 0 Å². The Kier molecular flexibility index (Phi) is 2.76. The normalized spacial score (nSPS) is 10.3. The van der Waals surface area contributed by atoms with Gasteiger partial charge in [0.25, 0.3) is 5.69 Å². The van der Waals surface area contributed by atoms with Gasteiger partial charge in [-0.15, -0.1) is 0 Å². The van der Waals surface area contributed by atoms with Crippen molar-refractivity contribution in [3.63, 3.8) is 0 Å². The fourth-order valence-electron chi connectivity index (χ4n) is 1.68. The van der Waals surface area contributed by atoms with Crippen molar-refractivity contribution in [1.82, 2.24) is 4.98 Å². The Morgan fingerprint density at radius 2 is 2.00 bits per heavy atom. The molecule has 0 N–H and O–H groups in total. The Hall–Kier alpha value is -2.77. The van der Waals surface area contributed by atoms with E-state index in [2.05, 4.69) is 4.98 Å². The summed E-state index contributed by atoms with van der Waals surface area (Å²) in [6.07, 6.45) is 1.34. The van der Waals surface area contributed by atoms with E-state index in [1.807, 2.05) is 0 Å². The number of nitrogens with zero attached hydrogens (tertiary/aromatic N) is 3. The average molecular weight is 249 g/mol. The van der Waals surface area contributed by atoms with Gasteiger partial charge >= 0.3 is 5.69 Å². The van der Waals surface area contributed by atoms with Crippen molar-refractivity contribution in [3.8, 4) is 5.75 Å². The van der Waals surface area contributed by atoms with Crippen molar-refractivity contribution < 1.29 is 14.6 Å². The summed E-state index contributed by atoms with van der Waals surface area (Å²) in [5.41, 5.74) is -0.686. The summed E-state index contributed by atoms with van der Waals surface area (Å²) in [6, 6.07) is 3.88. The van der Waals surface area contributed by atoms with Crippen LogP contribution in [0.2, 0.25) is 0 Å². The Balaban J connectivity index is 2.96. The third-order valence-electron chi connectivity index (χ3n) is 2.41. The number of aromatic nitrogens is 1. The number of nitro groups is 2. The fourth-order valence-corrected chi connectivity index (χ4v) is 1.68. The summed E-state index contributed by atoms with van der Waals surface area (Å²) in [5.74, 6) is -0.160. The van der Waals surface area contributed by atoms with Crippen LogP contribution in [0.4, 0.5) is 11.4 Å². The number of benzene rings is 1. The van der Waals surface area contributed by atoms with E-state index in [1.54, 1.807) is 0 Å². The van der Waals surface area contributed by atoms with Gasteiger partial charge in [0, 0.05) is 6.20 Å². The first-order chi connectivity index (χ1) is 8.56. The molecule has 2 aromatic rings. The van der Waals surface area contributed by atoms with Crippen molar-refractivity contribution in [2.75, 3.05) is 7.11 Å². The lowest BCUT2D eigenvalue weighted by molar-refractivity contribution is -0.387. The third kappa shape index (κ3) is 1.69. The minimum absolute atomic E-state index is 0.0324. The van der Waals surface area contributed by atoms with Gasteiger partial charge in [-0.1, -0.05) is 0 Å². The molecule has 8 heteroatoms. The second-order valence-electron chi connectivity index (χ2n) is 3.36. The first-order valence-electron chi connectivity index (χ1n) is 4.80. The standard InChI is InChI=1S/C10H7N3O5/c1-18-8-5-7(12(14)15)9-6(3-2-4-11-9)10(8)13(16)17/h2-5H,1H3. The molecule has 0 radical (unpaired) electrons. The van der Waals surface area contributed by atoms with Crippen molar-refractivity contribution in [2.45, 2.75) is 0 Å². The van der Waals surface area contributed by atoms with E-state index in [0.29, 0.717) is 0 Å². The molecular formula is C10H7N3O5. The van der Waals surface area contributed by atoms with Crippen molar-refractivity contribution in [1.29, 1.82) is 0 Å². The Bertz CT molecular complexity index is 655. The minimum Gasteiger partial charge on any atom is -0.490 e. The van der Waals surface area contributed by atoms with Crippen LogP contribution in [0.25, 0.3) is 10.9 Å². The predicted molar refractivity (Wildman–Crippen MR) is 61.6 cm³/mol. The number of pyridine rings is 1. The molecule has 0 aliphatic rings. The van der Waals surface area contributed by atoms with Crippen LogP contribution >= 0.6 is 0 Å². The van der Waals surface area contributed by atoms with E-state index >= 15 is 0 Å². The van der Waals surface area contributed by atoms with E-state index in [1.165, 1.54) is 25.4 Å². The summed E-state index contributed by atoms with van der Waals surface area (Å²) < 4.78 is 4.83. The van der Waals surface area contributed by atoms with Crippen LogP contribution in [0.15, 0.2) is 24.4 Å². The van der Waals surface area contributed by atoms with Gasteiger partial charge in [0.05, 0.1) is 28.4 Å². The summed E-state index contributed by atoms with van der Waals surface area (Å²) in [6.45, 7) is 0. The zero-order valence-electron chi connectivity index (χ0n) is 9.19. The number of fused-ring (bicyclic) bond motifs is 1. The summed E-state index contributed by atoms with van der Waals surface area (Å²) in [5, 5.41) is 22.0. The van der Waals surface area contributed by atoms with E-state index < -0.39 is 9.85 Å². The zero-order chi connectivity index (χ0) is 13.3. The highest BCUT2D eigenvalue weighted by Crippen LogP contribution is 2.39. The van der Waals surface area contributed by atoms with Crippen LogP contribution in [-0.2, 0) is 0 Å². The average Bonchev–Trinajstić information content (AvgIpc) is 2.35. The molecular weight excluding hydrogens is 242 g/mol. The lowest BCUT2D eigenvalue weighted by atomic mass is 10.1. The number of ether oxygens (including phenoxy) is 1. The van der Waals surface area contributed by atoms with Crippen molar-refractivity contribution >= 4 is 22.3 Å². The Labute approximate surface area is 100 Å². The van der Waals surface area contributed by atoms with Crippen molar-refractivity contribution in [3.05, 3.63) is 44.6 Å². The second-order valence-corrected chi connectivity index (χ2v) is 3.36. The third-order valence-corrected chi connectivity index (χ3v) is 2.41. The Morgan fingerprint density at radius 3 is 2.56 bits per heavy atom. The van der Waals surface area contributed by atoms with E-state index in [4.69, 9.17) is 4.74 Å². The zero-order valence-corrected chi connectivity index (χ0v) is 9.19. The SMILES string of the molecule is COc1cc([N+](=O)[O-])c2ncccc2c1[N+](=O)[O-]. The van der Waals surface area contributed by atoms with Crippen LogP contribution in [0.1, 0.15) is 0 Å². The van der Waals surface area contributed by atoms with E-state index in [9.17, 15) is 20.2 Å². The van der Waals surface area contributed by atoms with Crippen molar-refractivity contribution in [2.24, 2.45) is 0 Å². The smallest absolute Gasteiger partial charge is 0.320 e. The quantitative estimate of drug-likeness (QED) is 0.608. The molecule has 0 saturated carbocycles. The largest absolute Gasteiger partial charge is 0.490 e. The molecule has 0 bridgehead atoms. The van der Waals surface area contributed by atoms with Gasteiger partial charge in [-0.25, -0.2) is 4.98 Å². The number of nitro benzene ring substituents is 2. The highest BCUT2D eigenvalue weighted by atomic mass is 16.6. The monoisotopic (exact) mass is 249 g/mol. The molecule has 0 atom stereocenters. The number of non-ortho nitro benzene ring substituents is 1. The maximum atomic E-state index is 11.0. The molecule has 92 valence electrons. The molecule has 1 aromatic carbocycles. The molecule has 1 heterocycles. The Morgan fingerprint density at radius 1 is 1.28 bits per heavy atom. The fraction of sp³-hybridized carbons (Fsp3) is 0.100. The van der Waals surface area contributed by atoms with Gasteiger partial charge in [0.1, 0.15) is 0 Å². The molecule has 0 saturated heterocycles. The summed E-state index contributed by atoms with van der Waals surface area (Å²) >= 11 is 0. The molecule has 0 spiro atoms. The first kappa shape index (κ1) is 11.7. The molecule has 18 heavy (non-hydrogen) atoms. The summed E-state index contributed by atoms with van der Waals surface area (Å²) in [7, 11) is 1.22. The molecule has 0 aliphatic heterocycles. The summed E-state index contributed by atoms with van der Waals surface area (Å²) in [4.78, 5) is 24.4. The topological polar surface area (TPSA) is 108 Å². The van der Waals surface area contributed by atoms with Crippen LogP contribution in [-0.4, -0.2) is 21.9 Å². The number of rotatable bonds is 3. The molecule has 1 aromatic heterocycles. The number of hydrogen-bond donors (Lipinski definition) is 0. The van der Waals surface area contributed by atoms with Crippen LogP contribution in [0, 0.1) is 20.2 Å². The number of methoxy groups -OCH3 is 1. The lowest BCUT2D eigenvalue weighted by Crippen LogP contribution is -1.99. The van der Waals surface area contributed by atoms with Gasteiger partial charge in [-0.05, 0) is 12.1 Å². The molecule has 0 fully saturated rings.